The van der Waals surface area contributed by atoms with Gasteiger partial charge in [0.15, 0.2) is 0 Å². The van der Waals surface area contributed by atoms with E-state index in [0.29, 0.717) is 5.69 Å². The molecule has 0 spiro atoms. The molecule has 0 aliphatic rings. The molecule has 1 aromatic heterocycles. The second-order valence-electron chi connectivity index (χ2n) is 4.60. The number of primary amides is 1. The summed E-state index contributed by atoms with van der Waals surface area (Å²) in [5.74, 6) is -0.890. The summed E-state index contributed by atoms with van der Waals surface area (Å²) in [7, 11) is 0. The fourth-order valence-electron chi connectivity index (χ4n) is 1.87. The van der Waals surface area contributed by atoms with Crippen molar-refractivity contribution in [1.82, 2.24) is 10.3 Å². The molecular weight excluding hydrogens is 270 g/mol. The van der Waals surface area contributed by atoms with E-state index in [-0.39, 0.29) is 23.6 Å². The van der Waals surface area contributed by atoms with Crippen LogP contribution in [0.2, 0.25) is 0 Å². The second-order valence-corrected chi connectivity index (χ2v) is 4.60. The monoisotopic (exact) mass is 285 g/mol. The van der Waals surface area contributed by atoms with Gasteiger partial charge in [-0.1, -0.05) is 12.1 Å². The van der Waals surface area contributed by atoms with E-state index in [0.717, 1.165) is 5.56 Å². The topological polar surface area (TPSA) is 105 Å². The maximum absolute atomic E-state index is 12.0. The number of phenolic OH excluding ortho intramolecular Hbond substituents is 1. The van der Waals surface area contributed by atoms with E-state index in [2.05, 4.69) is 10.3 Å². The molecule has 0 fully saturated rings. The highest BCUT2D eigenvalue weighted by atomic mass is 16.3. The molecule has 0 aliphatic heterocycles. The third-order valence-electron chi connectivity index (χ3n) is 2.83. The van der Waals surface area contributed by atoms with Gasteiger partial charge in [0.05, 0.1) is 0 Å². The molecule has 0 radical (unpaired) electrons. The van der Waals surface area contributed by atoms with Gasteiger partial charge in [-0.05, 0) is 36.8 Å². The van der Waals surface area contributed by atoms with Gasteiger partial charge < -0.3 is 16.2 Å². The lowest BCUT2D eigenvalue weighted by Crippen LogP contribution is -2.25. The zero-order valence-corrected chi connectivity index (χ0v) is 11.5. The van der Waals surface area contributed by atoms with E-state index in [4.69, 9.17) is 5.73 Å². The number of phenols is 1. The number of amides is 2. The number of hydrogen-bond donors (Lipinski definition) is 3. The molecule has 1 heterocycles. The van der Waals surface area contributed by atoms with Crippen molar-refractivity contribution in [2.75, 3.05) is 0 Å². The molecule has 0 atom stereocenters. The van der Waals surface area contributed by atoms with E-state index in [1.165, 1.54) is 12.1 Å². The van der Waals surface area contributed by atoms with Crippen LogP contribution in [0.3, 0.4) is 0 Å². The Morgan fingerprint density at radius 3 is 2.71 bits per heavy atom. The number of nitrogens with two attached hydrogens (primary N) is 1. The van der Waals surface area contributed by atoms with Gasteiger partial charge in [0.25, 0.3) is 5.91 Å². The minimum absolute atomic E-state index is 0.129. The molecule has 6 nitrogen and oxygen atoms in total. The van der Waals surface area contributed by atoms with Crippen molar-refractivity contribution in [3.8, 4) is 5.75 Å². The normalized spacial score (nSPS) is 10.1. The number of carbonyl (C=O) groups excluding carboxylic acids is 2. The maximum atomic E-state index is 12.0. The average Bonchev–Trinajstić information content (AvgIpc) is 2.44. The first-order valence-corrected chi connectivity index (χ1v) is 6.30. The Kier molecular flexibility index (Phi) is 4.18. The van der Waals surface area contributed by atoms with Crippen LogP contribution in [0.15, 0.2) is 36.4 Å². The lowest BCUT2D eigenvalue weighted by Gasteiger charge is -2.07. The minimum Gasteiger partial charge on any atom is -0.508 e. The highest BCUT2D eigenvalue weighted by molar-refractivity contribution is 5.97. The van der Waals surface area contributed by atoms with Gasteiger partial charge in [-0.15, -0.1) is 0 Å². The Morgan fingerprint density at radius 2 is 2.05 bits per heavy atom. The first-order chi connectivity index (χ1) is 9.95. The number of aryl methyl sites for hydroxylation is 1. The molecule has 2 aromatic rings. The third-order valence-corrected chi connectivity index (χ3v) is 2.83. The SMILES string of the molecule is Cc1cc(C(N)=O)cc(C(=O)NCc2cccc(O)c2)n1. The van der Waals surface area contributed by atoms with Crippen molar-refractivity contribution in [3.63, 3.8) is 0 Å². The van der Waals surface area contributed by atoms with Crippen LogP contribution in [0.5, 0.6) is 5.75 Å². The van der Waals surface area contributed by atoms with Crippen LogP contribution in [0.25, 0.3) is 0 Å². The second kappa shape index (κ2) is 6.04. The molecule has 2 rings (SSSR count). The van der Waals surface area contributed by atoms with E-state index in [9.17, 15) is 14.7 Å². The van der Waals surface area contributed by atoms with Crippen LogP contribution in [-0.2, 0) is 6.54 Å². The number of nitrogens with one attached hydrogen (secondary N) is 1. The molecule has 6 heteroatoms. The van der Waals surface area contributed by atoms with Crippen LogP contribution in [0, 0.1) is 6.92 Å². The first-order valence-electron chi connectivity index (χ1n) is 6.30. The van der Waals surface area contributed by atoms with Crippen molar-refractivity contribution in [2.24, 2.45) is 5.73 Å². The largest absolute Gasteiger partial charge is 0.508 e. The van der Waals surface area contributed by atoms with Crippen LogP contribution >= 0.6 is 0 Å². The molecule has 4 N–H and O–H groups in total. The molecule has 21 heavy (non-hydrogen) atoms. The van der Waals surface area contributed by atoms with E-state index < -0.39 is 11.8 Å². The third kappa shape index (κ3) is 3.79. The summed E-state index contributed by atoms with van der Waals surface area (Å²) >= 11 is 0. The number of benzene rings is 1. The lowest BCUT2D eigenvalue weighted by atomic mass is 10.1. The zero-order valence-electron chi connectivity index (χ0n) is 11.5. The molecule has 0 saturated carbocycles. The maximum Gasteiger partial charge on any atom is 0.270 e. The Labute approximate surface area is 121 Å². The van der Waals surface area contributed by atoms with Gasteiger partial charge in [0.2, 0.25) is 5.91 Å². The fraction of sp³-hybridized carbons (Fsp3) is 0.133. The molecule has 0 unspecified atom stereocenters. The number of rotatable bonds is 4. The van der Waals surface area contributed by atoms with Gasteiger partial charge in [-0.25, -0.2) is 4.98 Å². The molecule has 0 aliphatic carbocycles. The minimum atomic E-state index is -0.609. The number of aromatic nitrogens is 1. The molecule has 108 valence electrons. The number of nitrogens with zero attached hydrogens (tertiary/aromatic N) is 1. The van der Waals surface area contributed by atoms with Crippen molar-refractivity contribution in [3.05, 3.63) is 58.9 Å². The van der Waals surface area contributed by atoms with Crippen molar-refractivity contribution in [1.29, 1.82) is 0 Å². The van der Waals surface area contributed by atoms with Crippen molar-refractivity contribution < 1.29 is 14.7 Å². The Hall–Kier alpha value is -2.89. The van der Waals surface area contributed by atoms with Crippen LogP contribution in [-0.4, -0.2) is 21.9 Å². The predicted molar refractivity (Wildman–Crippen MR) is 76.8 cm³/mol. The summed E-state index contributed by atoms with van der Waals surface area (Å²) in [5.41, 5.74) is 6.87. The lowest BCUT2D eigenvalue weighted by molar-refractivity contribution is 0.0945. The molecule has 1 aromatic carbocycles. The van der Waals surface area contributed by atoms with Crippen LogP contribution in [0.4, 0.5) is 0 Å². The number of aromatic hydroxyl groups is 1. The zero-order chi connectivity index (χ0) is 15.4. The predicted octanol–water partition coefficient (Wildman–Crippen LogP) is 1.12. The number of pyridine rings is 1. The molecule has 2 amide bonds. The number of hydrogen-bond acceptors (Lipinski definition) is 4. The van der Waals surface area contributed by atoms with E-state index >= 15 is 0 Å². The summed E-state index contributed by atoms with van der Waals surface area (Å²) in [6.07, 6.45) is 0. The smallest absolute Gasteiger partial charge is 0.270 e. The summed E-state index contributed by atoms with van der Waals surface area (Å²) in [4.78, 5) is 27.3. The summed E-state index contributed by atoms with van der Waals surface area (Å²) in [5, 5.41) is 12.0. The van der Waals surface area contributed by atoms with Gasteiger partial charge in [0.1, 0.15) is 11.4 Å². The van der Waals surface area contributed by atoms with E-state index in [1.54, 1.807) is 31.2 Å². The fourth-order valence-corrected chi connectivity index (χ4v) is 1.87. The Bertz CT molecular complexity index is 698. The molecule has 0 bridgehead atoms. The Balaban J connectivity index is 2.12. The number of carbonyl (C=O) groups is 2. The molecule has 0 saturated heterocycles. The van der Waals surface area contributed by atoms with E-state index in [1.807, 2.05) is 0 Å². The van der Waals surface area contributed by atoms with Gasteiger partial charge in [0, 0.05) is 17.8 Å². The standard InChI is InChI=1S/C15H15N3O3/c1-9-5-11(14(16)20)7-13(18-9)15(21)17-8-10-3-2-4-12(19)6-10/h2-7,19H,8H2,1H3,(H2,16,20)(H,17,21). The van der Waals surface area contributed by atoms with Crippen LogP contribution in [0.1, 0.15) is 32.1 Å². The van der Waals surface area contributed by atoms with Gasteiger partial charge in [-0.2, -0.15) is 0 Å². The highest BCUT2D eigenvalue weighted by Crippen LogP contribution is 2.11. The Morgan fingerprint density at radius 1 is 1.29 bits per heavy atom. The van der Waals surface area contributed by atoms with Gasteiger partial charge >= 0.3 is 0 Å². The quantitative estimate of drug-likeness (QED) is 0.782. The van der Waals surface area contributed by atoms with Crippen LogP contribution < -0.4 is 11.1 Å². The summed E-state index contributed by atoms with van der Waals surface area (Å²) in [6.45, 7) is 1.92. The average molecular weight is 285 g/mol. The van der Waals surface area contributed by atoms with Gasteiger partial charge in [-0.3, -0.25) is 9.59 Å². The highest BCUT2D eigenvalue weighted by Gasteiger charge is 2.11. The first kappa shape index (κ1) is 14.5. The van der Waals surface area contributed by atoms with Crippen molar-refractivity contribution in [2.45, 2.75) is 13.5 Å². The molecular formula is C15H15N3O3. The summed E-state index contributed by atoms with van der Waals surface area (Å²) in [6, 6.07) is 9.44. The summed E-state index contributed by atoms with van der Waals surface area (Å²) < 4.78 is 0. The van der Waals surface area contributed by atoms with Crippen molar-refractivity contribution >= 4 is 11.8 Å².